The standard InChI is InChI=1S/C14H22N4OS/c1-3-6-16-14-17-12(15-7-4-5-8-19)11-9-10(2)20-13(11)18-14/h9,19H,3-8H2,1-2H3,(H2,15,16,17,18). The van der Waals surface area contributed by atoms with Crippen LogP contribution in [0.3, 0.4) is 0 Å². The molecule has 0 amide bonds. The van der Waals surface area contributed by atoms with Crippen LogP contribution in [-0.4, -0.2) is 34.8 Å². The number of fused-ring (bicyclic) bond motifs is 1. The number of nitrogens with zero attached hydrogens (tertiary/aromatic N) is 2. The maximum absolute atomic E-state index is 8.82. The summed E-state index contributed by atoms with van der Waals surface area (Å²) >= 11 is 1.69. The Morgan fingerprint density at radius 1 is 1.20 bits per heavy atom. The molecule has 20 heavy (non-hydrogen) atoms. The zero-order valence-corrected chi connectivity index (χ0v) is 12.9. The normalized spacial score (nSPS) is 10.9. The van der Waals surface area contributed by atoms with Crippen molar-refractivity contribution in [3.63, 3.8) is 0 Å². The van der Waals surface area contributed by atoms with E-state index >= 15 is 0 Å². The molecule has 0 bridgehead atoms. The van der Waals surface area contributed by atoms with Gasteiger partial charge in [-0.1, -0.05) is 6.92 Å². The van der Waals surface area contributed by atoms with Crippen LogP contribution in [0.4, 0.5) is 11.8 Å². The van der Waals surface area contributed by atoms with Crippen molar-refractivity contribution in [1.82, 2.24) is 9.97 Å². The predicted octanol–water partition coefficient (Wildman–Crippen LogP) is 3.01. The molecule has 5 nitrogen and oxygen atoms in total. The van der Waals surface area contributed by atoms with Crippen LogP contribution in [0.1, 0.15) is 31.1 Å². The van der Waals surface area contributed by atoms with Crippen LogP contribution in [0.25, 0.3) is 10.2 Å². The smallest absolute Gasteiger partial charge is 0.226 e. The van der Waals surface area contributed by atoms with E-state index in [2.05, 4.69) is 40.5 Å². The third-order valence-corrected chi connectivity index (χ3v) is 3.87. The summed E-state index contributed by atoms with van der Waals surface area (Å²) in [5.41, 5.74) is 0. The molecule has 6 heteroatoms. The molecule has 0 aliphatic carbocycles. The van der Waals surface area contributed by atoms with Gasteiger partial charge < -0.3 is 15.7 Å². The quantitative estimate of drug-likeness (QED) is 0.653. The van der Waals surface area contributed by atoms with Gasteiger partial charge in [0, 0.05) is 24.6 Å². The van der Waals surface area contributed by atoms with Gasteiger partial charge in [-0.2, -0.15) is 4.98 Å². The molecule has 0 saturated carbocycles. The first-order chi connectivity index (χ1) is 9.74. The van der Waals surface area contributed by atoms with Crippen LogP contribution in [0.5, 0.6) is 0 Å². The Labute approximate surface area is 123 Å². The van der Waals surface area contributed by atoms with E-state index in [1.807, 2.05) is 0 Å². The highest BCUT2D eigenvalue weighted by atomic mass is 32.1. The molecule has 0 spiro atoms. The summed E-state index contributed by atoms with van der Waals surface area (Å²) in [7, 11) is 0. The molecule has 2 aromatic rings. The first-order valence-electron chi connectivity index (χ1n) is 7.11. The number of aliphatic hydroxyl groups excluding tert-OH is 1. The topological polar surface area (TPSA) is 70.1 Å². The van der Waals surface area contributed by atoms with Gasteiger partial charge in [0.15, 0.2) is 0 Å². The number of aromatic nitrogens is 2. The highest BCUT2D eigenvalue weighted by Gasteiger charge is 2.10. The fourth-order valence-electron chi connectivity index (χ4n) is 1.94. The van der Waals surface area contributed by atoms with Crippen LogP contribution >= 0.6 is 11.3 Å². The van der Waals surface area contributed by atoms with Gasteiger partial charge in [-0.15, -0.1) is 11.3 Å². The Kier molecular flexibility index (Phi) is 5.55. The maximum Gasteiger partial charge on any atom is 0.226 e. The van der Waals surface area contributed by atoms with Gasteiger partial charge in [-0.3, -0.25) is 0 Å². The number of thiophene rings is 1. The van der Waals surface area contributed by atoms with E-state index in [9.17, 15) is 0 Å². The minimum Gasteiger partial charge on any atom is -0.396 e. The van der Waals surface area contributed by atoms with E-state index < -0.39 is 0 Å². The number of unbranched alkanes of at least 4 members (excludes halogenated alkanes) is 1. The van der Waals surface area contributed by atoms with E-state index in [-0.39, 0.29) is 6.61 Å². The molecule has 0 saturated heterocycles. The minimum atomic E-state index is 0.238. The Morgan fingerprint density at radius 3 is 2.80 bits per heavy atom. The van der Waals surface area contributed by atoms with E-state index in [1.54, 1.807) is 11.3 Å². The number of anilines is 2. The summed E-state index contributed by atoms with van der Waals surface area (Å²) in [5.74, 6) is 1.57. The molecule has 0 fully saturated rings. The molecule has 0 aliphatic heterocycles. The minimum absolute atomic E-state index is 0.238. The molecular formula is C14H22N4OS. The van der Waals surface area contributed by atoms with E-state index in [4.69, 9.17) is 5.11 Å². The fourth-order valence-corrected chi connectivity index (χ4v) is 2.82. The van der Waals surface area contributed by atoms with Crippen molar-refractivity contribution in [1.29, 1.82) is 0 Å². The van der Waals surface area contributed by atoms with Crippen LogP contribution in [-0.2, 0) is 0 Å². The molecule has 0 atom stereocenters. The van der Waals surface area contributed by atoms with Crippen molar-refractivity contribution in [2.24, 2.45) is 0 Å². The monoisotopic (exact) mass is 294 g/mol. The Bertz CT molecular complexity index is 555. The molecule has 0 aromatic carbocycles. The van der Waals surface area contributed by atoms with Crippen LogP contribution in [0, 0.1) is 6.92 Å². The van der Waals surface area contributed by atoms with Gasteiger partial charge in [-0.25, -0.2) is 4.98 Å². The average Bonchev–Trinajstić information content (AvgIpc) is 2.81. The molecule has 2 heterocycles. The van der Waals surface area contributed by atoms with E-state index in [1.165, 1.54) is 4.88 Å². The highest BCUT2D eigenvalue weighted by Crippen LogP contribution is 2.29. The number of hydrogen-bond donors (Lipinski definition) is 3. The molecule has 3 N–H and O–H groups in total. The van der Waals surface area contributed by atoms with Gasteiger partial charge in [0.1, 0.15) is 10.6 Å². The van der Waals surface area contributed by atoms with Crippen molar-refractivity contribution in [2.45, 2.75) is 33.1 Å². The van der Waals surface area contributed by atoms with Crippen molar-refractivity contribution in [2.75, 3.05) is 30.3 Å². The number of rotatable bonds is 8. The Morgan fingerprint density at radius 2 is 2.05 bits per heavy atom. The first kappa shape index (κ1) is 15.0. The summed E-state index contributed by atoms with van der Waals surface area (Å²) in [6.45, 7) is 6.13. The van der Waals surface area contributed by atoms with Crippen LogP contribution in [0.2, 0.25) is 0 Å². The second-order valence-electron chi connectivity index (χ2n) is 4.76. The van der Waals surface area contributed by atoms with Crippen molar-refractivity contribution in [3.8, 4) is 0 Å². The lowest BCUT2D eigenvalue weighted by Crippen LogP contribution is -2.09. The predicted molar refractivity (Wildman–Crippen MR) is 85.7 cm³/mol. The van der Waals surface area contributed by atoms with Gasteiger partial charge in [0.25, 0.3) is 0 Å². The fraction of sp³-hybridized carbons (Fsp3) is 0.571. The third kappa shape index (κ3) is 3.80. The summed E-state index contributed by atoms with van der Waals surface area (Å²) in [6.07, 6.45) is 2.79. The average molecular weight is 294 g/mol. The largest absolute Gasteiger partial charge is 0.396 e. The number of nitrogens with one attached hydrogen (secondary N) is 2. The second kappa shape index (κ2) is 7.40. The van der Waals surface area contributed by atoms with Gasteiger partial charge >= 0.3 is 0 Å². The van der Waals surface area contributed by atoms with E-state index in [0.29, 0.717) is 5.95 Å². The number of aryl methyl sites for hydroxylation is 1. The lowest BCUT2D eigenvalue weighted by atomic mass is 10.3. The van der Waals surface area contributed by atoms with Crippen molar-refractivity contribution in [3.05, 3.63) is 10.9 Å². The number of aliphatic hydroxyl groups is 1. The third-order valence-electron chi connectivity index (χ3n) is 2.93. The molecule has 0 aliphatic rings. The number of hydrogen-bond acceptors (Lipinski definition) is 6. The second-order valence-corrected chi connectivity index (χ2v) is 5.99. The molecule has 0 radical (unpaired) electrons. The Balaban J connectivity index is 2.19. The van der Waals surface area contributed by atoms with Crippen molar-refractivity contribution >= 4 is 33.3 Å². The first-order valence-corrected chi connectivity index (χ1v) is 7.93. The lowest BCUT2D eigenvalue weighted by Gasteiger charge is -2.09. The zero-order valence-electron chi connectivity index (χ0n) is 12.1. The molecule has 2 aromatic heterocycles. The summed E-state index contributed by atoms with van der Waals surface area (Å²) in [5, 5.41) is 16.5. The molecule has 2 rings (SSSR count). The van der Waals surface area contributed by atoms with Crippen molar-refractivity contribution < 1.29 is 5.11 Å². The lowest BCUT2D eigenvalue weighted by molar-refractivity contribution is 0.286. The van der Waals surface area contributed by atoms with Crippen LogP contribution < -0.4 is 10.6 Å². The zero-order chi connectivity index (χ0) is 14.4. The molecule has 0 unspecified atom stereocenters. The maximum atomic E-state index is 8.82. The molecule has 110 valence electrons. The molecular weight excluding hydrogens is 272 g/mol. The van der Waals surface area contributed by atoms with Gasteiger partial charge in [0.2, 0.25) is 5.95 Å². The van der Waals surface area contributed by atoms with Crippen LogP contribution in [0.15, 0.2) is 6.07 Å². The van der Waals surface area contributed by atoms with Gasteiger partial charge in [0.05, 0.1) is 5.39 Å². The SMILES string of the molecule is CCCNc1nc(NCCCCO)c2cc(C)sc2n1. The van der Waals surface area contributed by atoms with Gasteiger partial charge in [-0.05, 0) is 32.3 Å². The summed E-state index contributed by atoms with van der Waals surface area (Å²) < 4.78 is 0. The highest BCUT2D eigenvalue weighted by molar-refractivity contribution is 7.18. The Hall–Kier alpha value is -1.40. The summed E-state index contributed by atoms with van der Waals surface area (Å²) in [4.78, 5) is 11.4. The summed E-state index contributed by atoms with van der Waals surface area (Å²) in [6, 6.07) is 2.12. The van der Waals surface area contributed by atoms with E-state index in [0.717, 1.165) is 48.4 Å².